The molecule has 0 unspecified atom stereocenters. The molecule has 2 fully saturated rings. The van der Waals surface area contributed by atoms with Crippen LogP contribution in [0.2, 0.25) is 0 Å². The summed E-state index contributed by atoms with van der Waals surface area (Å²) in [7, 11) is 0. The van der Waals surface area contributed by atoms with E-state index in [1.165, 1.54) is 23.6 Å². The molecule has 0 radical (unpaired) electrons. The molecular formula is C51H43F2N9O6. The Morgan fingerprint density at radius 1 is 0.868 bits per heavy atom. The number of H-pyrrole nitrogens is 1. The Bertz CT molecular complexity index is 3320. The number of pyridine rings is 3. The number of halogens is 2. The van der Waals surface area contributed by atoms with Gasteiger partial charge in [-0.05, 0) is 79.3 Å². The summed E-state index contributed by atoms with van der Waals surface area (Å²) in [6, 6.07) is 33.8. The molecule has 2 aliphatic rings. The monoisotopic (exact) mass is 915 g/mol. The fourth-order valence-corrected chi connectivity index (χ4v) is 9.08. The lowest BCUT2D eigenvalue weighted by molar-refractivity contribution is -0.138. The van der Waals surface area contributed by atoms with Crippen LogP contribution in [0.4, 0.5) is 19.3 Å². The zero-order valence-corrected chi connectivity index (χ0v) is 36.5. The van der Waals surface area contributed by atoms with E-state index in [9.17, 15) is 32.8 Å². The first-order valence-electron chi connectivity index (χ1n) is 22.1. The molecular weight excluding hydrogens is 873 g/mol. The molecule has 4 aromatic carbocycles. The first-order valence-corrected chi connectivity index (χ1v) is 22.1. The maximum atomic E-state index is 14.8. The second kappa shape index (κ2) is 17.5. The first-order chi connectivity index (χ1) is 32.8. The Morgan fingerprint density at radius 2 is 1.62 bits per heavy atom. The number of likely N-dealkylation sites (tertiary alicyclic amines) is 1. The van der Waals surface area contributed by atoms with Gasteiger partial charge in [0.1, 0.15) is 18.7 Å². The highest BCUT2D eigenvalue weighted by molar-refractivity contribution is 6.07. The van der Waals surface area contributed by atoms with Gasteiger partial charge in [0, 0.05) is 46.4 Å². The van der Waals surface area contributed by atoms with Crippen molar-refractivity contribution < 1.29 is 32.7 Å². The number of alkyl halides is 2. The fraction of sp³-hybridized carbons (Fsp3) is 0.216. The van der Waals surface area contributed by atoms with Gasteiger partial charge in [0.05, 0.1) is 34.4 Å². The van der Waals surface area contributed by atoms with Crippen molar-refractivity contribution in [2.75, 3.05) is 11.9 Å². The summed E-state index contributed by atoms with van der Waals surface area (Å²) in [6.45, 7) is 0.325. The average Bonchev–Trinajstić information content (AvgIpc) is 3.90. The lowest BCUT2D eigenvalue weighted by Gasteiger charge is -2.42. The maximum Gasteiger partial charge on any atom is 0.408 e. The van der Waals surface area contributed by atoms with Crippen LogP contribution >= 0.6 is 0 Å². The zero-order chi connectivity index (χ0) is 47.2. The topological polar surface area (TPSA) is 193 Å². The average molecular weight is 916 g/mol. The number of nitrogens with zero attached hydrogens (tertiary/aromatic N) is 5. The Balaban J connectivity index is 0.768. The van der Waals surface area contributed by atoms with E-state index < -0.39 is 60.3 Å². The summed E-state index contributed by atoms with van der Waals surface area (Å²) in [5.41, 5.74) is 6.28. The number of aromatic amines is 1. The predicted octanol–water partition coefficient (Wildman–Crippen LogP) is 7.75. The molecule has 8 aromatic rings. The number of aromatic nitrogens is 5. The summed E-state index contributed by atoms with van der Waals surface area (Å²) >= 11 is 0. The normalized spacial score (nSPS) is 16.5. The zero-order valence-electron chi connectivity index (χ0n) is 36.5. The van der Waals surface area contributed by atoms with Gasteiger partial charge in [0.2, 0.25) is 11.8 Å². The Kier molecular flexibility index (Phi) is 11.2. The highest BCUT2D eigenvalue weighted by Crippen LogP contribution is 2.43. The number of hydrogen-bond donors (Lipinski definition) is 4. The van der Waals surface area contributed by atoms with Crippen molar-refractivity contribution in [3.63, 3.8) is 0 Å². The number of hydrogen-bond acceptors (Lipinski definition) is 9. The number of carbonyl (C=O) groups is 4. The summed E-state index contributed by atoms with van der Waals surface area (Å²) in [6.07, 6.45) is 3.96. The van der Waals surface area contributed by atoms with Gasteiger partial charge in [-0.1, -0.05) is 84.9 Å². The molecule has 0 spiro atoms. The molecule has 4 N–H and O–H groups in total. The number of benzene rings is 4. The minimum Gasteiger partial charge on any atom is -0.445 e. The van der Waals surface area contributed by atoms with Gasteiger partial charge in [0.15, 0.2) is 5.65 Å². The number of nitrogens with one attached hydrogen (secondary N) is 4. The van der Waals surface area contributed by atoms with E-state index in [1.807, 2.05) is 60.7 Å². The number of rotatable bonds is 11. The minimum absolute atomic E-state index is 0.0831. The van der Waals surface area contributed by atoms with E-state index in [4.69, 9.17) is 9.72 Å². The summed E-state index contributed by atoms with van der Waals surface area (Å²) < 4.78 is 36.7. The molecule has 1 aliphatic heterocycles. The third kappa shape index (κ3) is 8.38. The van der Waals surface area contributed by atoms with Gasteiger partial charge in [-0.2, -0.15) is 5.10 Å². The molecule has 15 nitrogen and oxygen atoms in total. The van der Waals surface area contributed by atoms with Crippen molar-refractivity contribution in [2.45, 2.75) is 62.8 Å². The lowest BCUT2D eigenvalue weighted by atomic mass is 9.71. The molecule has 17 heteroatoms. The third-order valence-electron chi connectivity index (χ3n) is 12.8. The number of fused-ring (bicyclic) bond motifs is 4. The number of carbonyl (C=O) groups excluding carboxylic acids is 4. The van der Waals surface area contributed by atoms with Gasteiger partial charge in [-0.3, -0.25) is 19.4 Å². The van der Waals surface area contributed by atoms with Crippen LogP contribution < -0.4 is 21.6 Å². The van der Waals surface area contributed by atoms with Crippen molar-refractivity contribution in [2.24, 2.45) is 0 Å². The standard InChI is InChI=1S/C51H43F2N9O6/c1-30(55-45(63)37-20-24-54-40-11-6-5-10-36(37)40)47(65)62-29-51(52,53)27-42(62)46(64)56-35-18-12-31(13-19-35)28-68-49(67)58-50(22-7-23-50)34-16-14-33(15-17-34)43-38(32-8-3-2-4-9-32)26-39-41(57-43)21-25-61-44(39)59-60-48(61)66/h2-6,8-21,24-26,30,42H,7,22-23,27-29H2,1H3,(H,55,63)(H,56,64)(H,58,67)(H,60,66)/t30-,42+/m1/s1. The van der Waals surface area contributed by atoms with Crippen LogP contribution in [0.1, 0.15) is 54.1 Å². The predicted molar refractivity (Wildman–Crippen MR) is 250 cm³/mol. The van der Waals surface area contributed by atoms with Crippen molar-refractivity contribution in [1.29, 1.82) is 0 Å². The number of anilines is 1. The van der Waals surface area contributed by atoms with Gasteiger partial charge < -0.3 is 25.6 Å². The first kappa shape index (κ1) is 43.5. The summed E-state index contributed by atoms with van der Waals surface area (Å²) in [5, 5.41) is 16.3. The molecule has 342 valence electrons. The molecule has 2 atom stereocenters. The second-order valence-corrected chi connectivity index (χ2v) is 17.2. The van der Waals surface area contributed by atoms with E-state index >= 15 is 0 Å². The molecule has 1 saturated carbocycles. The van der Waals surface area contributed by atoms with E-state index in [2.05, 4.69) is 31.1 Å². The molecule has 4 aromatic heterocycles. The van der Waals surface area contributed by atoms with Gasteiger partial charge in [-0.25, -0.2) is 32.9 Å². The molecule has 10 rings (SSSR count). The van der Waals surface area contributed by atoms with Crippen LogP contribution in [0, 0.1) is 0 Å². The fourth-order valence-electron chi connectivity index (χ4n) is 9.08. The lowest BCUT2D eigenvalue weighted by Crippen LogP contribution is -2.51. The maximum absolute atomic E-state index is 14.8. The molecule has 1 saturated heterocycles. The summed E-state index contributed by atoms with van der Waals surface area (Å²) in [4.78, 5) is 75.8. The molecule has 5 heterocycles. The van der Waals surface area contributed by atoms with Crippen LogP contribution in [0.25, 0.3) is 49.8 Å². The Hall–Kier alpha value is -8.34. The number of para-hydroxylation sites is 1. The van der Waals surface area contributed by atoms with E-state index in [0.29, 0.717) is 40.5 Å². The third-order valence-corrected chi connectivity index (χ3v) is 12.8. The number of alkyl carbamates (subject to hydrolysis) is 1. The summed E-state index contributed by atoms with van der Waals surface area (Å²) in [5.74, 6) is -5.54. The van der Waals surface area contributed by atoms with Crippen LogP contribution in [0.15, 0.2) is 139 Å². The van der Waals surface area contributed by atoms with Gasteiger partial charge in [0.25, 0.3) is 11.8 Å². The van der Waals surface area contributed by atoms with E-state index in [1.54, 1.807) is 60.8 Å². The van der Waals surface area contributed by atoms with Crippen LogP contribution in [0.3, 0.4) is 0 Å². The van der Waals surface area contributed by atoms with Gasteiger partial charge >= 0.3 is 11.8 Å². The van der Waals surface area contributed by atoms with E-state index in [0.717, 1.165) is 44.7 Å². The largest absolute Gasteiger partial charge is 0.445 e. The number of amides is 4. The Labute approximate surface area is 386 Å². The van der Waals surface area contributed by atoms with Crippen molar-refractivity contribution in [3.8, 4) is 22.4 Å². The Morgan fingerprint density at radius 3 is 2.37 bits per heavy atom. The molecule has 4 amide bonds. The highest BCUT2D eigenvalue weighted by atomic mass is 19.3. The highest BCUT2D eigenvalue weighted by Gasteiger charge is 2.51. The minimum atomic E-state index is -3.33. The smallest absolute Gasteiger partial charge is 0.408 e. The van der Waals surface area contributed by atoms with Crippen molar-refractivity contribution in [3.05, 3.63) is 161 Å². The van der Waals surface area contributed by atoms with Crippen molar-refractivity contribution >= 4 is 57.0 Å². The second-order valence-electron chi connectivity index (χ2n) is 17.2. The molecule has 68 heavy (non-hydrogen) atoms. The van der Waals surface area contributed by atoms with Gasteiger partial charge in [-0.15, -0.1) is 0 Å². The molecule has 1 aliphatic carbocycles. The SMILES string of the molecule is C[C@@H](NC(=O)c1ccnc2ccccc12)C(=O)N1CC(F)(F)C[C@H]1C(=O)Nc1ccc(COC(=O)NC2(c3ccc(-c4nc5ccn6c(=O)[nH]nc6c5cc4-c4ccccc4)cc3)CCC2)cc1. The number of ether oxygens (including phenoxy) is 1. The van der Waals surface area contributed by atoms with Crippen LogP contribution in [-0.2, 0) is 26.5 Å². The van der Waals surface area contributed by atoms with Crippen LogP contribution in [0.5, 0.6) is 0 Å². The van der Waals surface area contributed by atoms with Crippen LogP contribution in [-0.4, -0.2) is 77.8 Å². The van der Waals surface area contributed by atoms with Crippen molar-refractivity contribution in [1.82, 2.24) is 40.1 Å². The quantitative estimate of drug-likeness (QED) is 0.100. The molecule has 0 bridgehead atoms. The van der Waals surface area contributed by atoms with E-state index in [-0.39, 0.29) is 23.5 Å².